The number of aromatic nitrogens is 3. The van der Waals surface area contributed by atoms with Gasteiger partial charge < -0.3 is 4.74 Å². The van der Waals surface area contributed by atoms with Crippen molar-refractivity contribution in [3.05, 3.63) is 74.9 Å². The van der Waals surface area contributed by atoms with Crippen LogP contribution < -0.4 is 9.46 Å². The van der Waals surface area contributed by atoms with Gasteiger partial charge in [-0.2, -0.15) is 9.78 Å². The SMILES string of the molecule is COc1cccc2c(C)cc(-n3nc(C)cc3NS(=O)(=O)c3ccc(Cl)c([N+](=O)[O-])c3)nc12. The van der Waals surface area contributed by atoms with Gasteiger partial charge in [0.2, 0.25) is 0 Å². The van der Waals surface area contributed by atoms with Crippen LogP contribution in [0.15, 0.2) is 53.4 Å². The highest BCUT2D eigenvalue weighted by atomic mass is 35.5. The summed E-state index contributed by atoms with van der Waals surface area (Å²) in [4.78, 5) is 14.7. The first-order valence-electron chi connectivity index (χ1n) is 9.59. The number of halogens is 1. The maximum absolute atomic E-state index is 13.0. The number of hydrogen-bond donors (Lipinski definition) is 1. The second kappa shape index (κ2) is 8.34. The Balaban J connectivity index is 1.81. The number of pyridine rings is 1. The van der Waals surface area contributed by atoms with Gasteiger partial charge in [0.25, 0.3) is 15.7 Å². The van der Waals surface area contributed by atoms with Crippen LogP contribution in [-0.4, -0.2) is 35.2 Å². The van der Waals surface area contributed by atoms with Gasteiger partial charge in [0.1, 0.15) is 22.1 Å². The van der Waals surface area contributed by atoms with Crippen LogP contribution in [0.25, 0.3) is 16.7 Å². The first kappa shape index (κ1) is 22.5. The molecule has 2 heterocycles. The maximum Gasteiger partial charge on any atom is 0.289 e. The number of nitrogens with zero attached hydrogens (tertiary/aromatic N) is 4. The predicted octanol–water partition coefficient (Wildman–Crippen LogP) is 4.41. The lowest BCUT2D eigenvalue weighted by Crippen LogP contribution is -2.16. The summed E-state index contributed by atoms with van der Waals surface area (Å²) in [5.41, 5.74) is 1.52. The van der Waals surface area contributed by atoms with Crippen molar-refractivity contribution >= 4 is 44.0 Å². The number of sulfonamides is 1. The lowest BCUT2D eigenvalue weighted by molar-refractivity contribution is -0.384. The van der Waals surface area contributed by atoms with Gasteiger partial charge in [-0.15, -0.1) is 0 Å². The van der Waals surface area contributed by atoms with E-state index in [2.05, 4.69) is 14.8 Å². The van der Waals surface area contributed by atoms with Crippen LogP contribution in [0.2, 0.25) is 5.02 Å². The van der Waals surface area contributed by atoms with E-state index in [1.54, 1.807) is 26.2 Å². The van der Waals surface area contributed by atoms with E-state index in [1.165, 1.54) is 16.8 Å². The molecular weight excluding hydrogens is 470 g/mol. The number of fused-ring (bicyclic) bond motifs is 1. The predicted molar refractivity (Wildman–Crippen MR) is 124 cm³/mol. The molecular formula is C21H18ClN5O5S. The molecule has 10 nitrogen and oxygen atoms in total. The molecule has 2 aromatic heterocycles. The molecule has 0 aliphatic carbocycles. The number of rotatable bonds is 6. The van der Waals surface area contributed by atoms with Gasteiger partial charge in [-0.25, -0.2) is 13.4 Å². The Morgan fingerprint density at radius 3 is 2.61 bits per heavy atom. The van der Waals surface area contributed by atoms with E-state index in [0.717, 1.165) is 23.1 Å². The number of anilines is 1. The van der Waals surface area contributed by atoms with Gasteiger partial charge >= 0.3 is 0 Å². The summed E-state index contributed by atoms with van der Waals surface area (Å²) in [5, 5.41) is 16.3. The monoisotopic (exact) mass is 487 g/mol. The molecule has 0 atom stereocenters. The summed E-state index contributed by atoms with van der Waals surface area (Å²) in [6.45, 7) is 3.61. The molecule has 0 saturated heterocycles. The Hall–Kier alpha value is -3.70. The highest BCUT2D eigenvalue weighted by molar-refractivity contribution is 7.92. The van der Waals surface area contributed by atoms with E-state index in [1.807, 2.05) is 19.1 Å². The molecule has 0 amide bonds. The van der Waals surface area contributed by atoms with E-state index in [4.69, 9.17) is 16.3 Å². The third-order valence-electron chi connectivity index (χ3n) is 4.93. The van der Waals surface area contributed by atoms with E-state index in [9.17, 15) is 18.5 Å². The number of aryl methyl sites for hydroxylation is 2. The molecule has 0 spiro atoms. The molecule has 4 aromatic rings. The fourth-order valence-electron chi connectivity index (χ4n) is 3.39. The highest BCUT2D eigenvalue weighted by Crippen LogP contribution is 2.30. The van der Waals surface area contributed by atoms with Crippen LogP contribution in [-0.2, 0) is 10.0 Å². The topological polar surface area (TPSA) is 129 Å². The first-order chi connectivity index (χ1) is 15.6. The second-order valence-corrected chi connectivity index (χ2v) is 9.30. The Morgan fingerprint density at radius 1 is 1.15 bits per heavy atom. The van der Waals surface area contributed by atoms with Crippen LogP contribution in [0, 0.1) is 24.0 Å². The van der Waals surface area contributed by atoms with Gasteiger partial charge in [-0.05, 0) is 43.7 Å². The molecule has 0 aliphatic rings. The zero-order valence-corrected chi connectivity index (χ0v) is 19.3. The summed E-state index contributed by atoms with van der Waals surface area (Å²) in [7, 11) is -2.65. The van der Waals surface area contributed by atoms with Crippen molar-refractivity contribution in [2.45, 2.75) is 18.7 Å². The number of nitrogens with one attached hydrogen (secondary N) is 1. The fourth-order valence-corrected chi connectivity index (χ4v) is 4.63. The molecule has 33 heavy (non-hydrogen) atoms. The second-order valence-electron chi connectivity index (χ2n) is 7.21. The zero-order chi connectivity index (χ0) is 23.9. The maximum atomic E-state index is 13.0. The Labute approximate surface area is 194 Å². The third kappa shape index (κ3) is 4.20. The lowest BCUT2D eigenvalue weighted by Gasteiger charge is -2.13. The molecule has 1 N–H and O–H groups in total. The van der Waals surface area contributed by atoms with Gasteiger partial charge in [0.15, 0.2) is 5.82 Å². The molecule has 0 saturated carbocycles. The van der Waals surface area contributed by atoms with Crippen molar-refractivity contribution in [1.29, 1.82) is 0 Å². The standard InChI is InChI=1S/C21H18ClN5O5S/c1-12-9-19(23-21-15(12)5-4-6-18(21)32-3)26-20(10-13(2)24-26)25-33(30,31)14-7-8-16(22)17(11-14)27(28)29/h4-11,25H,1-3H3. The summed E-state index contributed by atoms with van der Waals surface area (Å²) < 4.78 is 35.2. The number of hydrogen-bond acceptors (Lipinski definition) is 7. The van der Waals surface area contributed by atoms with Crippen LogP contribution in [0.1, 0.15) is 11.3 Å². The normalized spacial score (nSPS) is 11.5. The van der Waals surface area contributed by atoms with Crippen molar-refractivity contribution in [3.8, 4) is 11.6 Å². The minimum atomic E-state index is -4.20. The van der Waals surface area contributed by atoms with Crippen LogP contribution >= 0.6 is 11.6 Å². The third-order valence-corrected chi connectivity index (χ3v) is 6.60. The molecule has 0 radical (unpaired) electrons. The summed E-state index contributed by atoms with van der Waals surface area (Å²) in [6.07, 6.45) is 0. The molecule has 4 rings (SSSR count). The Kier molecular flexibility index (Phi) is 5.68. The number of ether oxygens (including phenoxy) is 1. The Morgan fingerprint density at radius 2 is 1.91 bits per heavy atom. The molecule has 0 unspecified atom stereocenters. The van der Waals surface area contributed by atoms with Crippen molar-refractivity contribution in [2.24, 2.45) is 0 Å². The minimum absolute atomic E-state index is 0.117. The van der Waals surface area contributed by atoms with Crippen molar-refractivity contribution in [1.82, 2.24) is 14.8 Å². The lowest BCUT2D eigenvalue weighted by atomic mass is 10.1. The number of methoxy groups -OCH3 is 1. The quantitative estimate of drug-likeness (QED) is 0.315. The smallest absolute Gasteiger partial charge is 0.289 e. The van der Waals surface area contributed by atoms with E-state index >= 15 is 0 Å². The number of nitro groups is 1. The van der Waals surface area contributed by atoms with Gasteiger partial charge in [-0.3, -0.25) is 14.8 Å². The van der Waals surface area contributed by atoms with Crippen LogP contribution in [0.4, 0.5) is 11.5 Å². The highest BCUT2D eigenvalue weighted by Gasteiger charge is 2.23. The molecule has 2 aromatic carbocycles. The van der Waals surface area contributed by atoms with Crippen molar-refractivity contribution in [3.63, 3.8) is 0 Å². The van der Waals surface area contributed by atoms with Crippen molar-refractivity contribution < 1.29 is 18.1 Å². The average molecular weight is 488 g/mol. The molecule has 170 valence electrons. The van der Waals surface area contributed by atoms with Gasteiger partial charge in [-0.1, -0.05) is 23.7 Å². The molecule has 0 aliphatic heterocycles. The molecule has 12 heteroatoms. The summed E-state index contributed by atoms with van der Waals surface area (Å²) in [6, 6.07) is 12.1. The fraction of sp³-hybridized carbons (Fsp3) is 0.143. The molecule has 0 fully saturated rings. The van der Waals surface area contributed by atoms with Gasteiger partial charge in [0, 0.05) is 17.5 Å². The van der Waals surface area contributed by atoms with E-state index < -0.39 is 20.6 Å². The largest absolute Gasteiger partial charge is 0.494 e. The molecule has 0 bridgehead atoms. The number of benzene rings is 2. The number of nitro benzene ring substituents is 1. The van der Waals surface area contributed by atoms with Crippen LogP contribution in [0.3, 0.4) is 0 Å². The average Bonchev–Trinajstić information content (AvgIpc) is 3.12. The Bertz CT molecular complexity index is 1520. The zero-order valence-electron chi connectivity index (χ0n) is 17.7. The minimum Gasteiger partial charge on any atom is -0.494 e. The van der Waals surface area contributed by atoms with E-state index in [0.29, 0.717) is 22.8 Å². The van der Waals surface area contributed by atoms with E-state index in [-0.39, 0.29) is 15.7 Å². The van der Waals surface area contributed by atoms with Crippen LogP contribution in [0.5, 0.6) is 5.75 Å². The summed E-state index contributed by atoms with van der Waals surface area (Å²) >= 11 is 5.81. The van der Waals surface area contributed by atoms with Gasteiger partial charge in [0.05, 0.1) is 22.6 Å². The summed E-state index contributed by atoms with van der Waals surface area (Å²) in [5.74, 6) is 1.06. The first-order valence-corrected chi connectivity index (χ1v) is 11.4. The number of para-hydroxylation sites is 1. The van der Waals surface area contributed by atoms with Crippen molar-refractivity contribution in [2.75, 3.05) is 11.8 Å².